The van der Waals surface area contributed by atoms with E-state index in [1.807, 2.05) is 0 Å². The number of aromatic nitrogens is 2. The van der Waals surface area contributed by atoms with Crippen molar-refractivity contribution in [3.05, 3.63) is 17.6 Å². The predicted octanol–water partition coefficient (Wildman–Crippen LogP) is 0.548. The summed E-state index contributed by atoms with van der Waals surface area (Å²) in [5.41, 5.74) is 7.69. The largest absolute Gasteiger partial charge is 0.382 e. The molecule has 1 heterocycles. The van der Waals surface area contributed by atoms with E-state index in [2.05, 4.69) is 9.97 Å². The molecule has 1 aromatic heterocycles. The number of fused-ring (bicyclic) bond motifs is 1. The van der Waals surface area contributed by atoms with Crippen LogP contribution in [0, 0.1) is 0 Å². The fourth-order valence-corrected chi connectivity index (χ4v) is 1.30. The molecule has 0 radical (unpaired) electrons. The van der Waals surface area contributed by atoms with Crippen LogP contribution in [0.1, 0.15) is 17.8 Å². The molecule has 0 atom stereocenters. The Morgan fingerprint density at radius 2 is 2.10 bits per heavy atom. The van der Waals surface area contributed by atoms with E-state index in [0.29, 0.717) is 5.82 Å². The minimum Gasteiger partial charge on any atom is -0.382 e. The molecule has 2 rings (SSSR count). The molecule has 2 N–H and O–H groups in total. The van der Waals surface area contributed by atoms with Crippen LogP contribution in [0.4, 0.5) is 5.82 Å². The first-order valence-corrected chi connectivity index (χ1v) is 3.46. The zero-order valence-electron chi connectivity index (χ0n) is 5.67. The number of hydrogen-bond donors (Lipinski definition) is 1. The number of nitrogens with zero attached hydrogens (tertiary/aromatic N) is 2. The summed E-state index contributed by atoms with van der Waals surface area (Å²) in [6, 6.07) is 0. The number of anilines is 1. The lowest BCUT2D eigenvalue weighted by atomic mass is 10.3. The van der Waals surface area contributed by atoms with E-state index in [9.17, 15) is 0 Å². The van der Waals surface area contributed by atoms with Gasteiger partial charge in [-0.3, -0.25) is 4.98 Å². The summed E-state index contributed by atoms with van der Waals surface area (Å²) in [7, 11) is 0. The van der Waals surface area contributed by atoms with Crippen molar-refractivity contribution in [2.45, 2.75) is 19.3 Å². The van der Waals surface area contributed by atoms with Gasteiger partial charge in [0.2, 0.25) is 0 Å². The maximum Gasteiger partial charge on any atom is 0.142 e. The van der Waals surface area contributed by atoms with Gasteiger partial charge in [-0.05, 0) is 19.3 Å². The second-order valence-electron chi connectivity index (χ2n) is 2.54. The quantitative estimate of drug-likeness (QED) is 0.565. The molecule has 1 aromatic rings. The number of nitrogens with two attached hydrogens (primary N) is 1. The zero-order valence-corrected chi connectivity index (χ0v) is 5.67. The molecule has 0 saturated heterocycles. The molecule has 0 saturated carbocycles. The van der Waals surface area contributed by atoms with E-state index in [0.717, 1.165) is 24.2 Å². The highest BCUT2D eigenvalue weighted by Gasteiger charge is 2.12. The summed E-state index contributed by atoms with van der Waals surface area (Å²) < 4.78 is 0. The summed E-state index contributed by atoms with van der Waals surface area (Å²) in [5.74, 6) is 0.542. The molecule has 0 unspecified atom stereocenters. The summed E-state index contributed by atoms with van der Waals surface area (Å²) in [6.45, 7) is 0. The molecule has 0 fully saturated rings. The molecule has 0 aliphatic heterocycles. The average Bonchev–Trinajstić information content (AvgIpc) is 2.33. The number of rotatable bonds is 0. The number of nitrogen functional groups attached to an aromatic ring is 1. The lowest BCUT2D eigenvalue weighted by Crippen LogP contribution is -1.97. The third-order valence-electron chi connectivity index (χ3n) is 1.78. The lowest BCUT2D eigenvalue weighted by molar-refractivity contribution is 0.894. The maximum atomic E-state index is 5.46. The smallest absolute Gasteiger partial charge is 0.142 e. The molecule has 1 aliphatic rings. The first-order valence-electron chi connectivity index (χ1n) is 3.46. The fourth-order valence-electron chi connectivity index (χ4n) is 1.30. The van der Waals surface area contributed by atoms with Crippen molar-refractivity contribution in [3.63, 3.8) is 0 Å². The van der Waals surface area contributed by atoms with Gasteiger partial charge in [-0.2, -0.15) is 0 Å². The minimum absolute atomic E-state index is 0.542. The predicted molar refractivity (Wildman–Crippen MR) is 38.5 cm³/mol. The fraction of sp³-hybridized carbons (Fsp3) is 0.429. The highest BCUT2D eigenvalue weighted by Crippen LogP contribution is 2.17. The number of hydrogen-bond acceptors (Lipinski definition) is 3. The summed E-state index contributed by atoms with van der Waals surface area (Å²) in [5, 5.41) is 0. The van der Waals surface area contributed by atoms with Gasteiger partial charge >= 0.3 is 0 Å². The zero-order chi connectivity index (χ0) is 6.97. The Bertz CT molecular complexity index is 257. The van der Waals surface area contributed by atoms with Crippen molar-refractivity contribution in [2.75, 3.05) is 5.73 Å². The summed E-state index contributed by atoms with van der Waals surface area (Å²) in [4.78, 5) is 8.34. The van der Waals surface area contributed by atoms with E-state index in [-0.39, 0.29) is 0 Å². The Labute approximate surface area is 59.3 Å². The van der Waals surface area contributed by atoms with Crippen LogP contribution in [0.25, 0.3) is 0 Å². The Morgan fingerprint density at radius 1 is 1.30 bits per heavy atom. The van der Waals surface area contributed by atoms with Crippen molar-refractivity contribution in [3.8, 4) is 0 Å². The number of aryl methyl sites for hydroxylation is 2. The van der Waals surface area contributed by atoms with Gasteiger partial charge in [-0.15, -0.1) is 0 Å². The first kappa shape index (κ1) is 5.65. The van der Waals surface area contributed by atoms with Crippen LogP contribution in [0.5, 0.6) is 0 Å². The van der Waals surface area contributed by atoms with Gasteiger partial charge in [0, 0.05) is 0 Å². The van der Waals surface area contributed by atoms with Crippen LogP contribution in [0.3, 0.4) is 0 Å². The van der Waals surface area contributed by atoms with E-state index >= 15 is 0 Å². The van der Waals surface area contributed by atoms with Gasteiger partial charge in [0.15, 0.2) is 0 Å². The highest BCUT2D eigenvalue weighted by molar-refractivity contribution is 5.29. The van der Waals surface area contributed by atoms with Crippen LogP contribution < -0.4 is 5.73 Å². The van der Waals surface area contributed by atoms with E-state index < -0.39 is 0 Å². The SMILES string of the molecule is Nc1cnc2c(n1)CCC2. The van der Waals surface area contributed by atoms with E-state index in [1.54, 1.807) is 6.20 Å². The van der Waals surface area contributed by atoms with Gasteiger partial charge in [0.1, 0.15) is 5.82 Å². The summed E-state index contributed by atoms with van der Waals surface area (Å²) in [6.07, 6.45) is 4.93. The average molecular weight is 135 g/mol. The van der Waals surface area contributed by atoms with Gasteiger partial charge < -0.3 is 5.73 Å². The second kappa shape index (κ2) is 1.94. The third kappa shape index (κ3) is 0.744. The van der Waals surface area contributed by atoms with Crippen LogP contribution in [-0.4, -0.2) is 9.97 Å². The van der Waals surface area contributed by atoms with Gasteiger partial charge in [0.25, 0.3) is 0 Å². The first-order chi connectivity index (χ1) is 4.86. The molecule has 0 amide bonds. The maximum absolute atomic E-state index is 5.46. The molecule has 0 bridgehead atoms. The molecular formula is C7H9N3. The highest BCUT2D eigenvalue weighted by atomic mass is 14.9. The van der Waals surface area contributed by atoms with Crippen molar-refractivity contribution >= 4 is 5.82 Å². The van der Waals surface area contributed by atoms with Gasteiger partial charge in [0.05, 0.1) is 17.6 Å². The lowest BCUT2D eigenvalue weighted by Gasteiger charge is -1.96. The Morgan fingerprint density at radius 3 is 3.00 bits per heavy atom. The molecule has 1 aliphatic carbocycles. The van der Waals surface area contributed by atoms with E-state index in [4.69, 9.17) is 5.73 Å². The van der Waals surface area contributed by atoms with Gasteiger partial charge in [-0.25, -0.2) is 4.98 Å². The van der Waals surface area contributed by atoms with Crippen LogP contribution in [0.2, 0.25) is 0 Å². The molecule has 3 nitrogen and oxygen atoms in total. The Hall–Kier alpha value is -1.12. The van der Waals surface area contributed by atoms with Crippen molar-refractivity contribution in [1.29, 1.82) is 0 Å². The standard InChI is InChI=1S/C7H9N3/c8-7-4-9-5-2-1-3-6(5)10-7/h4H,1-3H2,(H2,8,10). The Balaban J connectivity index is 2.52. The van der Waals surface area contributed by atoms with Gasteiger partial charge in [-0.1, -0.05) is 0 Å². The topological polar surface area (TPSA) is 51.8 Å². The Kier molecular flexibility index (Phi) is 1.09. The van der Waals surface area contributed by atoms with Crippen LogP contribution >= 0.6 is 0 Å². The van der Waals surface area contributed by atoms with Crippen LogP contribution in [-0.2, 0) is 12.8 Å². The normalized spacial score (nSPS) is 15.2. The van der Waals surface area contributed by atoms with Crippen molar-refractivity contribution < 1.29 is 0 Å². The molecule has 0 aromatic carbocycles. The summed E-state index contributed by atoms with van der Waals surface area (Å²) >= 11 is 0. The van der Waals surface area contributed by atoms with Crippen LogP contribution in [0.15, 0.2) is 6.20 Å². The second-order valence-corrected chi connectivity index (χ2v) is 2.54. The molecular weight excluding hydrogens is 126 g/mol. The third-order valence-corrected chi connectivity index (χ3v) is 1.78. The molecule has 3 heteroatoms. The van der Waals surface area contributed by atoms with Crippen molar-refractivity contribution in [1.82, 2.24) is 9.97 Å². The molecule has 0 spiro atoms. The molecule has 52 valence electrons. The minimum atomic E-state index is 0.542. The monoisotopic (exact) mass is 135 g/mol. The molecule has 10 heavy (non-hydrogen) atoms. The van der Waals surface area contributed by atoms with E-state index in [1.165, 1.54) is 6.42 Å². The van der Waals surface area contributed by atoms with Crippen molar-refractivity contribution in [2.24, 2.45) is 0 Å².